The Balaban J connectivity index is 3.40. The second-order valence-electron chi connectivity index (χ2n) is 3.57. The van der Waals surface area contributed by atoms with E-state index >= 15 is 0 Å². The molecule has 0 aliphatic heterocycles. The Bertz CT molecular complexity index is 557. The summed E-state index contributed by atoms with van der Waals surface area (Å²) in [6.07, 6.45) is 0.963. The fraction of sp³-hybridized carbons (Fsp3) is 0.400. The smallest absolute Gasteiger partial charge is 0.205 e. The van der Waals surface area contributed by atoms with E-state index in [0.717, 1.165) is 0 Å². The molecule has 0 bridgehead atoms. The van der Waals surface area contributed by atoms with Crippen molar-refractivity contribution in [3.05, 3.63) is 23.3 Å². The molecule has 0 spiro atoms. The van der Waals surface area contributed by atoms with E-state index in [1.807, 2.05) is 0 Å². The van der Waals surface area contributed by atoms with Gasteiger partial charge < -0.3 is 9.29 Å². The van der Waals surface area contributed by atoms with Crippen LogP contribution >= 0.6 is 0 Å². The average Bonchev–Trinajstić information content (AvgIpc) is 2.29. The first-order valence-corrected chi connectivity index (χ1v) is 6.57. The van der Waals surface area contributed by atoms with Gasteiger partial charge in [0.1, 0.15) is 15.0 Å². The summed E-state index contributed by atoms with van der Waals surface area (Å²) < 4.78 is 89.4. The van der Waals surface area contributed by atoms with Crippen molar-refractivity contribution < 1.29 is 35.3 Å². The van der Waals surface area contributed by atoms with Gasteiger partial charge in [-0.3, -0.25) is 0 Å². The van der Waals surface area contributed by atoms with Gasteiger partial charge in [-0.05, 0) is 6.42 Å². The fourth-order valence-electron chi connectivity index (χ4n) is 1.26. The normalized spacial score (nSPS) is 11.7. The summed E-state index contributed by atoms with van der Waals surface area (Å²) in [7, 11) is -5.69. The van der Waals surface area contributed by atoms with Crippen molar-refractivity contribution in [1.29, 1.82) is 0 Å². The Morgan fingerprint density at radius 3 is 1.89 bits per heavy atom. The van der Waals surface area contributed by atoms with E-state index in [-0.39, 0.29) is 6.61 Å². The van der Waals surface area contributed by atoms with Gasteiger partial charge in [0, 0.05) is 0 Å². The zero-order valence-electron chi connectivity index (χ0n) is 9.67. The topological polar surface area (TPSA) is 66.4 Å². The number of benzene rings is 1. The van der Waals surface area contributed by atoms with E-state index in [1.54, 1.807) is 6.92 Å². The molecule has 0 aromatic heterocycles. The van der Waals surface area contributed by atoms with E-state index < -0.39 is 44.0 Å². The largest absolute Gasteiger partial charge is 0.744 e. The Labute approximate surface area is 106 Å². The Hall–Kier alpha value is -1.35. The third kappa shape index (κ3) is 3.16. The molecule has 0 aliphatic rings. The summed E-state index contributed by atoms with van der Waals surface area (Å²) in [5, 5.41) is 0. The minimum atomic E-state index is -5.69. The van der Waals surface area contributed by atoms with E-state index in [4.69, 9.17) is 0 Å². The SMILES string of the molecule is CCCCOc1c(F)c(F)c(S(=O)(=O)[O-])c(F)c1F. The lowest BCUT2D eigenvalue weighted by molar-refractivity contribution is 0.261. The Morgan fingerprint density at radius 2 is 1.53 bits per heavy atom. The highest BCUT2D eigenvalue weighted by Crippen LogP contribution is 2.32. The molecule has 0 saturated heterocycles. The third-order valence-electron chi connectivity index (χ3n) is 2.18. The summed E-state index contributed by atoms with van der Waals surface area (Å²) >= 11 is 0. The molecule has 1 aromatic carbocycles. The van der Waals surface area contributed by atoms with Gasteiger partial charge in [0.15, 0.2) is 17.4 Å². The molecule has 0 saturated carbocycles. The van der Waals surface area contributed by atoms with Gasteiger partial charge in [-0.2, -0.15) is 8.78 Å². The van der Waals surface area contributed by atoms with E-state index in [9.17, 15) is 30.5 Å². The number of rotatable bonds is 5. The lowest BCUT2D eigenvalue weighted by Crippen LogP contribution is -2.13. The number of halogens is 4. The minimum absolute atomic E-state index is 0.216. The van der Waals surface area contributed by atoms with E-state index in [1.165, 1.54) is 0 Å². The van der Waals surface area contributed by atoms with Crippen LogP contribution in [-0.4, -0.2) is 19.6 Å². The molecule has 9 heteroatoms. The fourth-order valence-corrected chi connectivity index (χ4v) is 1.87. The second kappa shape index (κ2) is 5.74. The van der Waals surface area contributed by atoms with Gasteiger partial charge in [0.25, 0.3) is 0 Å². The Kier molecular flexibility index (Phi) is 4.75. The van der Waals surface area contributed by atoms with Gasteiger partial charge in [0.2, 0.25) is 11.6 Å². The lowest BCUT2D eigenvalue weighted by atomic mass is 10.3. The quantitative estimate of drug-likeness (QED) is 0.362. The van der Waals surface area contributed by atoms with Crippen molar-refractivity contribution in [1.82, 2.24) is 0 Å². The van der Waals surface area contributed by atoms with Crippen LogP contribution in [0.2, 0.25) is 0 Å². The number of hydrogen-bond acceptors (Lipinski definition) is 4. The van der Waals surface area contributed by atoms with Crippen LogP contribution in [0.5, 0.6) is 5.75 Å². The van der Waals surface area contributed by atoms with Gasteiger partial charge in [-0.25, -0.2) is 17.2 Å². The number of hydrogen-bond donors (Lipinski definition) is 0. The van der Waals surface area contributed by atoms with Crippen molar-refractivity contribution in [2.24, 2.45) is 0 Å². The summed E-state index contributed by atoms with van der Waals surface area (Å²) in [6, 6.07) is 0. The van der Waals surface area contributed by atoms with E-state index in [2.05, 4.69) is 4.74 Å². The maximum Gasteiger partial charge on any atom is 0.205 e. The van der Waals surface area contributed by atoms with Crippen molar-refractivity contribution in [2.45, 2.75) is 24.7 Å². The molecule has 1 rings (SSSR count). The average molecular weight is 301 g/mol. The first-order chi connectivity index (χ1) is 8.71. The summed E-state index contributed by atoms with van der Waals surface area (Å²) in [5.74, 6) is -10.1. The molecular formula is C10H9F4O4S-. The van der Waals surface area contributed by atoms with Crippen LogP contribution in [0.25, 0.3) is 0 Å². The minimum Gasteiger partial charge on any atom is -0.744 e. The van der Waals surface area contributed by atoms with Crippen molar-refractivity contribution in [3.8, 4) is 5.75 Å². The van der Waals surface area contributed by atoms with Crippen molar-refractivity contribution in [3.63, 3.8) is 0 Å². The van der Waals surface area contributed by atoms with Crippen molar-refractivity contribution >= 4 is 10.1 Å². The number of unbranched alkanes of at least 4 members (excludes halogenated alkanes) is 1. The molecular weight excluding hydrogens is 292 g/mol. The van der Waals surface area contributed by atoms with Crippen LogP contribution in [-0.2, 0) is 10.1 Å². The highest BCUT2D eigenvalue weighted by Gasteiger charge is 2.29. The van der Waals surface area contributed by atoms with Crippen LogP contribution in [0.1, 0.15) is 19.8 Å². The molecule has 0 radical (unpaired) electrons. The van der Waals surface area contributed by atoms with Crippen LogP contribution in [0, 0.1) is 23.3 Å². The predicted octanol–water partition coefficient (Wildman–Crippen LogP) is 2.33. The van der Waals surface area contributed by atoms with Crippen molar-refractivity contribution in [2.75, 3.05) is 6.61 Å². The van der Waals surface area contributed by atoms with Gasteiger partial charge in [0.05, 0.1) is 6.61 Å². The zero-order chi connectivity index (χ0) is 14.8. The molecule has 0 aliphatic carbocycles. The highest BCUT2D eigenvalue weighted by atomic mass is 32.2. The molecule has 0 N–H and O–H groups in total. The molecule has 19 heavy (non-hydrogen) atoms. The summed E-state index contributed by atoms with van der Waals surface area (Å²) in [4.78, 5) is -2.19. The molecule has 1 aromatic rings. The second-order valence-corrected chi connectivity index (χ2v) is 4.89. The maximum atomic E-state index is 13.4. The van der Waals surface area contributed by atoms with E-state index in [0.29, 0.717) is 12.8 Å². The molecule has 4 nitrogen and oxygen atoms in total. The Morgan fingerprint density at radius 1 is 1.05 bits per heavy atom. The molecule has 0 heterocycles. The number of ether oxygens (including phenoxy) is 1. The molecule has 0 atom stereocenters. The first-order valence-electron chi connectivity index (χ1n) is 5.16. The standard InChI is InChI=1S/C10H10F4O4S/c1-2-3-4-18-9-5(11)7(13)10(19(15,16)17)8(14)6(9)12/h2-4H2,1H3,(H,15,16,17)/p-1. The predicted molar refractivity (Wildman–Crippen MR) is 54.6 cm³/mol. The van der Waals surface area contributed by atoms with Gasteiger partial charge >= 0.3 is 0 Å². The zero-order valence-corrected chi connectivity index (χ0v) is 10.5. The van der Waals surface area contributed by atoms with Gasteiger partial charge in [-0.15, -0.1) is 0 Å². The molecule has 0 unspecified atom stereocenters. The summed E-state index contributed by atoms with van der Waals surface area (Å²) in [5.41, 5.74) is 0. The van der Waals surface area contributed by atoms with Crippen LogP contribution < -0.4 is 4.74 Å². The third-order valence-corrected chi connectivity index (χ3v) is 3.04. The molecule has 0 fully saturated rings. The molecule has 108 valence electrons. The monoisotopic (exact) mass is 301 g/mol. The van der Waals surface area contributed by atoms with Crippen LogP contribution in [0.3, 0.4) is 0 Å². The van der Waals surface area contributed by atoms with Crippen LogP contribution in [0.4, 0.5) is 17.6 Å². The van der Waals surface area contributed by atoms with Crippen LogP contribution in [0.15, 0.2) is 4.90 Å². The molecule has 0 amide bonds. The first kappa shape index (κ1) is 15.7. The lowest BCUT2D eigenvalue weighted by Gasteiger charge is -2.14. The maximum absolute atomic E-state index is 13.4. The highest BCUT2D eigenvalue weighted by molar-refractivity contribution is 7.85. The summed E-state index contributed by atoms with van der Waals surface area (Å²) in [6.45, 7) is 1.52. The van der Waals surface area contributed by atoms with Gasteiger partial charge in [-0.1, -0.05) is 13.3 Å².